The maximum Gasteiger partial charge on any atom is 0.0595 e. The first-order chi connectivity index (χ1) is 6.94. The van der Waals surface area contributed by atoms with Crippen LogP contribution >= 0.6 is 23.2 Å². The van der Waals surface area contributed by atoms with Crippen molar-refractivity contribution in [3.05, 3.63) is 33.8 Å². The molecule has 0 saturated carbocycles. The molecular formula is C12H17Cl2N. The Morgan fingerprint density at radius 1 is 1.27 bits per heavy atom. The van der Waals surface area contributed by atoms with E-state index in [1.54, 1.807) is 0 Å². The molecule has 0 radical (unpaired) electrons. The first-order valence-electron chi connectivity index (χ1n) is 5.17. The van der Waals surface area contributed by atoms with E-state index in [1.807, 2.05) is 18.2 Å². The standard InChI is InChI=1S/C12H17Cl2N/c1-3-6-12(2,15)8-9-4-5-10(13)11(14)7-9/h4-5,7H,3,6,8,15H2,1-2H3. The third-order valence-electron chi connectivity index (χ3n) is 2.41. The smallest absolute Gasteiger partial charge is 0.0595 e. The molecule has 0 heterocycles. The Labute approximate surface area is 102 Å². The number of halogens is 2. The normalized spacial score (nSPS) is 15.0. The van der Waals surface area contributed by atoms with E-state index in [4.69, 9.17) is 28.9 Å². The van der Waals surface area contributed by atoms with Gasteiger partial charge >= 0.3 is 0 Å². The average molecular weight is 246 g/mol. The largest absolute Gasteiger partial charge is 0.325 e. The number of benzene rings is 1. The molecule has 1 rings (SSSR count). The molecule has 0 aliphatic rings. The Kier molecular flexibility index (Phi) is 4.45. The average Bonchev–Trinajstić information content (AvgIpc) is 2.10. The topological polar surface area (TPSA) is 26.0 Å². The van der Waals surface area contributed by atoms with E-state index in [2.05, 4.69) is 13.8 Å². The molecule has 0 aliphatic heterocycles. The van der Waals surface area contributed by atoms with Gasteiger partial charge in [0.1, 0.15) is 0 Å². The van der Waals surface area contributed by atoms with Crippen LogP contribution in [0.1, 0.15) is 32.3 Å². The molecule has 0 amide bonds. The molecule has 1 nitrogen and oxygen atoms in total. The summed E-state index contributed by atoms with van der Waals surface area (Å²) in [6, 6.07) is 5.70. The second-order valence-electron chi connectivity index (χ2n) is 4.33. The highest BCUT2D eigenvalue weighted by molar-refractivity contribution is 6.42. The van der Waals surface area contributed by atoms with E-state index in [0.717, 1.165) is 24.8 Å². The predicted molar refractivity (Wildman–Crippen MR) is 67.7 cm³/mol. The molecule has 15 heavy (non-hydrogen) atoms. The van der Waals surface area contributed by atoms with Crippen molar-refractivity contribution in [3.63, 3.8) is 0 Å². The van der Waals surface area contributed by atoms with E-state index in [9.17, 15) is 0 Å². The highest BCUT2D eigenvalue weighted by Crippen LogP contribution is 2.25. The molecule has 1 aromatic carbocycles. The van der Waals surface area contributed by atoms with Gasteiger partial charge in [0.25, 0.3) is 0 Å². The minimum absolute atomic E-state index is 0.161. The summed E-state index contributed by atoms with van der Waals surface area (Å²) in [4.78, 5) is 0. The Morgan fingerprint density at radius 3 is 2.47 bits per heavy atom. The minimum Gasteiger partial charge on any atom is -0.325 e. The summed E-state index contributed by atoms with van der Waals surface area (Å²) in [6.45, 7) is 4.21. The third kappa shape index (κ3) is 4.02. The monoisotopic (exact) mass is 245 g/mol. The van der Waals surface area contributed by atoms with Crippen LogP contribution in [-0.2, 0) is 6.42 Å². The Balaban J connectivity index is 2.76. The van der Waals surface area contributed by atoms with Crippen LogP contribution in [0.3, 0.4) is 0 Å². The molecular weight excluding hydrogens is 229 g/mol. The van der Waals surface area contributed by atoms with Crippen LogP contribution in [-0.4, -0.2) is 5.54 Å². The van der Waals surface area contributed by atoms with Gasteiger partial charge in [-0.2, -0.15) is 0 Å². The summed E-state index contributed by atoms with van der Waals surface area (Å²) in [6.07, 6.45) is 2.93. The van der Waals surface area contributed by atoms with E-state index in [0.29, 0.717) is 10.0 Å². The molecule has 0 spiro atoms. The second kappa shape index (κ2) is 5.20. The SMILES string of the molecule is CCCC(C)(N)Cc1ccc(Cl)c(Cl)c1. The molecule has 0 aliphatic carbocycles. The summed E-state index contributed by atoms with van der Waals surface area (Å²) in [5, 5.41) is 1.19. The van der Waals surface area contributed by atoms with Gasteiger partial charge in [-0.05, 0) is 37.5 Å². The molecule has 0 aromatic heterocycles. The van der Waals surface area contributed by atoms with Crippen molar-refractivity contribution in [3.8, 4) is 0 Å². The molecule has 0 saturated heterocycles. The molecule has 1 atom stereocenters. The zero-order valence-electron chi connectivity index (χ0n) is 9.19. The maximum absolute atomic E-state index is 6.17. The molecule has 1 aromatic rings. The van der Waals surface area contributed by atoms with Gasteiger partial charge < -0.3 is 5.73 Å². The lowest BCUT2D eigenvalue weighted by atomic mass is 9.90. The van der Waals surface area contributed by atoms with Crippen LogP contribution in [0.25, 0.3) is 0 Å². The van der Waals surface area contributed by atoms with Crippen LogP contribution in [0.15, 0.2) is 18.2 Å². The molecule has 2 N–H and O–H groups in total. The Morgan fingerprint density at radius 2 is 1.93 bits per heavy atom. The van der Waals surface area contributed by atoms with Gasteiger partial charge in [0.15, 0.2) is 0 Å². The minimum atomic E-state index is -0.161. The van der Waals surface area contributed by atoms with Crippen LogP contribution < -0.4 is 5.73 Å². The number of hydrogen-bond donors (Lipinski definition) is 1. The summed E-state index contributed by atoms with van der Waals surface area (Å²) < 4.78 is 0. The van der Waals surface area contributed by atoms with E-state index in [1.165, 1.54) is 0 Å². The van der Waals surface area contributed by atoms with Gasteiger partial charge in [0.05, 0.1) is 10.0 Å². The zero-order chi connectivity index (χ0) is 11.5. The zero-order valence-corrected chi connectivity index (χ0v) is 10.7. The lowest BCUT2D eigenvalue weighted by Gasteiger charge is -2.24. The molecule has 84 valence electrons. The molecule has 1 unspecified atom stereocenters. The van der Waals surface area contributed by atoms with Crippen LogP contribution in [0, 0.1) is 0 Å². The summed E-state index contributed by atoms with van der Waals surface area (Å²) in [5.41, 5.74) is 7.15. The summed E-state index contributed by atoms with van der Waals surface area (Å²) >= 11 is 11.8. The first-order valence-corrected chi connectivity index (χ1v) is 5.93. The van der Waals surface area contributed by atoms with Crippen molar-refractivity contribution in [2.24, 2.45) is 5.73 Å². The van der Waals surface area contributed by atoms with E-state index >= 15 is 0 Å². The van der Waals surface area contributed by atoms with E-state index in [-0.39, 0.29) is 5.54 Å². The predicted octanol–water partition coefficient (Wildman–Crippen LogP) is 4.05. The lowest BCUT2D eigenvalue weighted by molar-refractivity contribution is 0.425. The van der Waals surface area contributed by atoms with Crippen LogP contribution in [0.5, 0.6) is 0 Å². The second-order valence-corrected chi connectivity index (χ2v) is 5.14. The van der Waals surface area contributed by atoms with Gasteiger partial charge in [0.2, 0.25) is 0 Å². The molecule has 3 heteroatoms. The highest BCUT2D eigenvalue weighted by atomic mass is 35.5. The third-order valence-corrected chi connectivity index (χ3v) is 3.15. The fourth-order valence-corrected chi connectivity index (χ4v) is 2.10. The van der Waals surface area contributed by atoms with Crippen molar-refractivity contribution in [2.75, 3.05) is 0 Å². The van der Waals surface area contributed by atoms with E-state index < -0.39 is 0 Å². The van der Waals surface area contributed by atoms with Crippen molar-refractivity contribution >= 4 is 23.2 Å². The first kappa shape index (κ1) is 12.8. The molecule has 0 bridgehead atoms. The Hall–Kier alpha value is -0.240. The fraction of sp³-hybridized carbons (Fsp3) is 0.500. The summed E-state index contributed by atoms with van der Waals surface area (Å²) in [7, 11) is 0. The van der Waals surface area contributed by atoms with Crippen molar-refractivity contribution in [1.82, 2.24) is 0 Å². The number of rotatable bonds is 4. The van der Waals surface area contributed by atoms with Gasteiger partial charge in [-0.25, -0.2) is 0 Å². The highest BCUT2D eigenvalue weighted by Gasteiger charge is 2.17. The van der Waals surface area contributed by atoms with Crippen LogP contribution in [0.2, 0.25) is 10.0 Å². The van der Waals surface area contributed by atoms with Crippen molar-refractivity contribution in [2.45, 2.75) is 38.6 Å². The van der Waals surface area contributed by atoms with Gasteiger partial charge in [-0.3, -0.25) is 0 Å². The van der Waals surface area contributed by atoms with Gasteiger partial charge in [0, 0.05) is 5.54 Å². The van der Waals surface area contributed by atoms with Crippen molar-refractivity contribution in [1.29, 1.82) is 0 Å². The number of nitrogens with two attached hydrogens (primary N) is 1. The van der Waals surface area contributed by atoms with Crippen molar-refractivity contribution < 1.29 is 0 Å². The fourth-order valence-electron chi connectivity index (χ4n) is 1.78. The van der Waals surface area contributed by atoms with Gasteiger partial charge in [-0.1, -0.05) is 42.6 Å². The summed E-state index contributed by atoms with van der Waals surface area (Å²) in [5.74, 6) is 0. The maximum atomic E-state index is 6.17. The Bertz CT molecular complexity index is 334. The lowest BCUT2D eigenvalue weighted by Crippen LogP contribution is -2.38. The molecule has 0 fully saturated rings. The van der Waals surface area contributed by atoms with Crippen LogP contribution in [0.4, 0.5) is 0 Å². The van der Waals surface area contributed by atoms with Gasteiger partial charge in [-0.15, -0.1) is 0 Å². The quantitative estimate of drug-likeness (QED) is 0.851. The number of hydrogen-bond acceptors (Lipinski definition) is 1.